The van der Waals surface area contributed by atoms with Crippen molar-refractivity contribution in [3.8, 4) is 5.75 Å². The first-order valence-electron chi connectivity index (χ1n) is 8.11. The molecule has 0 fully saturated rings. The third kappa shape index (κ3) is 6.68. The summed E-state index contributed by atoms with van der Waals surface area (Å²) in [7, 11) is 0. The summed E-state index contributed by atoms with van der Waals surface area (Å²) < 4.78 is 11.2. The average Bonchev–Trinajstić information content (AvgIpc) is 3.09. The van der Waals surface area contributed by atoms with Crippen LogP contribution in [0.15, 0.2) is 35.2 Å². The van der Waals surface area contributed by atoms with E-state index >= 15 is 0 Å². The number of amides is 1. The van der Waals surface area contributed by atoms with E-state index in [0.29, 0.717) is 37.0 Å². The lowest BCUT2D eigenvalue weighted by molar-refractivity contribution is 0.0924. The number of aromatic nitrogens is 1. The van der Waals surface area contributed by atoms with Gasteiger partial charge in [0.05, 0.1) is 11.2 Å². The van der Waals surface area contributed by atoms with Crippen molar-refractivity contribution in [1.29, 1.82) is 0 Å². The fourth-order valence-corrected chi connectivity index (χ4v) is 2.53. The van der Waals surface area contributed by atoms with Crippen LogP contribution in [0.5, 0.6) is 5.75 Å². The Morgan fingerprint density at radius 1 is 1.38 bits per heavy atom. The van der Waals surface area contributed by atoms with Crippen LogP contribution >= 0.6 is 11.3 Å². The number of hydrogen-bond acceptors (Lipinski definition) is 5. The van der Waals surface area contributed by atoms with Gasteiger partial charge in [0.1, 0.15) is 12.4 Å². The fraction of sp³-hybridized carbons (Fsp3) is 0.444. The van der Waals surface area contributed by atoms with Crippen molar-refractivity contribution in [2.45, 2.75) is 26.9 Å². The van der Waals surface area contributed by atoms with E-state index in [-0.39, 0.29) is 5.91 Å². The van der Waals surface area contributed by atoms with Gasteiger partial charge in [0.2, 0.25) is 0 Å². The maximum atomic E-state index is 12.2. The molecule has 6 heteroatoms. The molecule has 130 valence electrons. The summed E-state index contributed by atoms with van der Waals surface area (Å²) in [5, 5.41) is 4.84. The number of ether oxygens (including phenoxy) is 2. The Morgan fingerprint density at radius 3 is 3.00 bits per heavy atom. The fourth-order valence-electron chi connectivity index (χ4n) is 1.99. The molecule has 0 aliphatic heterocycles. The first kappa shape index (κ1) is 18.4. The first-order valence-corrected chi connectivity index (χ1v) is 9.05. The van der Waals surface area contributed by atoms with Crippen LogP contribution in [-0.4, -0.2) is 30.6 Å². The zero-order valence-corrected chi connectivity index (χ0v) is 15.0. The van der Waals surface area contributed by atoms with Gasteiger partial charge in [-0.25, -0.2) is 4.98 Å². The van der Waals surface area contributed by atoms with Crippen LogP contribution in [0, 0.1) is 5.92 Å². The maximum Gasteiger partial charge on any atom is 0.251 e. The smallest absolute Gasteiger partial charge is 0.251 e. The van der Waals surface area contributed by atoms with Gasteiger partial charge in [-0.3, -0.25) is 4.79 Å². The van der Waals surface area contributed by atoms with E-state index < -0.39 is 0 Å². The topological polar surface area (TPSA) is 60.5 Å². The molecule has 0 atom stereocenters. The van der Waals surface area contributed by atoms with E-state index in [1.54, 1.807) is 17.6 Å². The van der Waals surface area contributed by atoms with Crippen molar-refractivity contribution in [2.24, 2.45) is 5.92 Å². The van der Waals surface area contributed by atoms with Gasteiger partial charge in [0, 0.05) is 30.7 Å². The van der Waals surface area contributed by atoms with E-state index in [9.17, 15) is 4.79 Å². The highest BCUT2D eigenvalue weighted by molar-refractivity contribution is 7.07. The zero-order chi connectivity index (χ0) is 17.2. The second-order valence-corrected chi connectivity index (χ2v) is 6.59. The van der Waals surface area contributed by atoms with Gasteiger partial charge in [0.15, 0.2) is 0 Å². The quantitative estimate of drug-likeness (QED) is 0.668. The summed E-state index contributed by atoms with van der Waals surface area (Å²) in [6.07, 6.45) is 0.804. The molecular weight excluding hydrogens is 324 g/mol. The zero-order valence-electron chi connectivity index (χ0n) is 14.2. The molecule has 0 aliphatic carbocycles. The summed E-state index contributed by atoms with van der Waals surface area (Å²) in [4.78, 5) is 16.3. The highest BCUT2D eigenvalue weighted by Crippen LogP contribution is 2.15. The SMILES string of the molecule is CC(C)COCCCNC(=O)c1cccc(OCc2cscn2)c1. The van der Waals surface area contributed by atoms with E-state index in [2.05, 4.69) is 24.1 Å². The number of nitrogens with zero attached hydrogens (tertiary/aromatic N) is 1. The van der Waals surface area contributed by atoms with Crippen LogP contribution in [0.1, 0.15) is 36.3 Å². The van der Waals surface area contributed by atoms with Crippen LogP contribution in [0.3, 0.4) is 0 Å². The van der Waals surface area contributed by atoms with E-state index in [0.717, 1.165) is 18.7 Å². The van der Waals surface area contributed by atoms with Crippen LogP contribution in [0.2, 0.25) is 0 Å². The largest absolute Gasteiger partial charge is 0.487 e. The number of hydrogen-bond donors (Lipinski definition) is 1. The van der Waals surface area contributed by atoms with E-state index in [1.807, 2.05) is 17.5 Å². The minimum Gasteiger partial charge on any atom is -0.487 e. The highest BCUT2D eigenvalue weighted by atomic mass is 32.1. The van der Waals surface area contributed by atoms with Gasteiger partial charge >= 0.3 is 0 Å². The normalized spacial score (nSPS) is 10.8. The highest BCUT2D eigenvalue weighted by Gasteiger charge is 2.06. The number of thiazole rings is 1. The molecule has 1 N–H and O–H groups in total. The van der Waals surface area contributed by atoms with Crippen molar-refractivity contribution >= 4 is 17.2 Å². The Kier molecular flexibility index (Phi) is 7.71. The minimum absolute atomic E-state index is 0.0991. The number of rotatable bonds is 10. The molecule has 0 saturated heterocycles. The molecule has 0 bridgehead atoms. The predicted molar refractivity (Wildman–Crippen MR) is 95.5 cm³/mol. The molecule has 2 aromatic rings. The summed E-state index contributed by atoms with van der Waals surface area (Å²) in [5.74, 6) is 1.10. The average molecular weight is 348 g/mol. The van der Waals surface area contributed by atoms with Gasteiger partial charge in [-0.15, -0.1) is 11.3 Å². The molecule has 24 heavy (non-hydrogen) atoms. The Balaban J connectivity index is 1.72. The monoisotopic (exact) mass is 348 g/mol. The first-order chi connectivity index (χ1) is 11.6. The summed E-state index contributed by atoms with van der Waals surface area (Å²) in [5.41, 5.74) is 3.25. The molecular formula is C18H24N2O3S. The van der Waals surface area contributed by atoms with Crippen LogP contribution < -0.4 is 10.1 Å². The minimum atomic E-state index is -0.0991. The Morgan fingerprint density at radius 2 is 2.25 bits per heavy atom. The maximum absolute atomic E-state index is 12.2. The van der Waals surface area contributed by atoms with Gasteiger partial charge in [0.25, 0.3) is 5.91 Å². The predicted octanol–water partition coefficient (Wildman–Crippen LogP) is 3.51. The van der Waals surface area contributed by atoms with Crippen LogP contribution in [0.4, 0.5) is 0 Å². The number of carbonyl (C=O) groups excluding carboxylic acids is 1. The number of benzene rings is 1. The molecule has 1 heterocycles. The van der Waals surface area contributed by atoms with Crippen molar-refractivity contribution in [3.05, 3.63) is 46.4 Å². The molecule has 2 rings (SSSR count). The van der Waals surface area contributed by atoms with Crippen molar-refractivity contribution in [3.63, 3.8) is 0 Å². The van der Waals surface area contributed by atoms with Gasteiger partial charge in [-0.1, -0.05) is 19.9 Å². The van der Waals surface area contributed by atoms with E-state index in [1.165, 1.54) is 11.3 Å². The van der Waals surface area contributed by atoms with Crippen LogP contribution in [-0.2, 0) is 11.3 Å². The van der Waals surface area contributed by atoms with Gasteiger partial charge < -0.3 is 14.8 Å². The lowest BCUT2D eigenvalue weighted by atomic mass is 10.2. The van der Waals surface area contributed by atoms with Crippen LogP contribution in [0.25, 0.3) is 0 Å². The molecule has 1 aromatic heterocycles. The molecule has 0 unspecified atom stereocenters. The Hall–Kier alpha value is -1.92. The second kappa shape index (κ2) is 10.1. The molecule has 5 nitrogen and oxygen atoms in total. The van der Waals surface area contributed by atoms with Crippen molar-refractivity contribution in [2.75, 3.05) is 19.8 Å². The molecule has 0 radical (unpaired) electrons. The lowest BCUT2D eigenvalue weighted by Crippen LogP contribution is -2.25. The standard InChI is InChI=1S/C18H24N2O3S/c1-14(2)10-22-8-4-7-19-18(21)15-5-3-6-17(9-15)23-11-16-12-24-13-20-16/h3,5-6,9,12-14H,4,7-8,10-11H2,1-2H3,(H,19,21). The molecule has 0 aliphatic rings. The molecule has 0 saturated carbocycles. The van der Waals surface area contributed by atoms with Gasteiger partial charge in [-0.2, -0.15) is 0 Å². The van der Waals surface area contributed by atoms with Gasteiger partial charge in [-0.05, 0) is 30.5 Å². The third-order valence-electron chi connectivity index (χ3n) is 3.17. The third-order valence-corrected chi connectivity index (χ3v) is 3.80. The Bertz CT molecular complexity index is 614. The van der Waals surface area contributed by atoms with E-state index in [4.69, 9.17) is 9.47 Å². The molecule has 1 amide bonds. The summed E-state index contributed by atoms with van der Waals surface area (Å²) in [6, 6.07) is 7.18. The summed E-state index contributed by atoms with van der Waals surface area (Å²) in [6.45, 7) is 6.65. The number of nitrogens with one attached hydrogen (secondary N) is 1. The number of carbonyl (C=O) groups is 1. The molecule has 1 aromatic carbocycles. The molecule has 0 spiro atoms. The lowest BCUT2D eigenvalue weighted by Gasteiger charge is -2.09. The van der Waals surface area contributed by atoms with Crippen molar-refractivity contribution in [1.82, 2.24) is 10.3 Å². The summed E-state index contributed by atoms with van der Waals surface area (Å²) >= 11 is 1.53. The van der Waals surface area contributed by atoms with Crippen molar-refractivity contribution < 1.29 is 14.3 Å². The second-order valence-electron chi connectivity index (χ2n) is 5.87. The Labute approximate surface area is 147 Å².